The fraction of sp³-hybridized carbons (Fsp3) is 0.476. The lowest BCUT2D eigenvalue weighted by Gasteiger charge is -2.31. The molecule has 2 aromatic carbocycles. The van der Waals surface area contributed by atoms with Crippen LogP contribution in [0.3, 0.4) is 0 Å². The smallest absolute Gasteiger partial charge is 0.407 e. The molecule has 302 valence electrons. The minimum absolute atomic E-state index is 0.106. The Hall–Kier alpha value is -5.86. The number of aromatic nitrogens is 2. The standard InChI is InChI=1S/C42H51N7O8/c1-23(2)36(46-41(52)54-5)39(50)48-15-7-9-31(48)29-17-28(20-43-29)25-11-12-27-22-56-35-19-26(13-14-33(35)57-34(27)18-25)30-21-44-38(45-30)32-10-8-16-49(32)40(51)37(24(3)4)47-42(53)55-6/h11-14,18-21,23-24,31-32,36-37H,7-10,15-17,22H2,1-6H3,(H,44,45)(H,46,52)(H,47,53)/t31-,32-,36-,37-/m0/s1. The summed E-state index contributed by atoms with van der Waals surface area (Å²) < 4.78 is 22.3. The van der Waals surface area contributed by atoms with E-state index in [1.807, 2.05) is 75.2 Å². The summed E-state index contributed by atoms with van der Waals surface area (Å²) in [5, 5.41) is 5.40. The van der Waals surface area contributed by atoms with E-state index in [2.05, 4.69) is 20.6 Å². The first-order chi connectivity index (χ1) is 27.4. The predicted molar refractivity (Wildman–Crippen MR) is 212 cm³/mol. The molecule has 15 heteroatoms. The molecule has 0 saturated carbocycles. The van der Waals surface area contributed by atoms with E-state index in [1.165, 1.54) is 14.2 Å². The zero-order valence-corrected chi connectivity index (χ0v) is 33.3. The van der Waals surface area contributed by atoms with Gasteiger partial charge in [0.25, 0.3) is 0 Å². The van der Waals surface area contributed by atoms with Gasteiger partial charge in [-0.2, -0.15) is 0 Å². The number of H-pyrrole nitrogens is 1. The first kappa shape index (κ1) is 39.4. The van der Waals surface area contributed by atoms with Gasteiger partial charge in [-0.05, 0) is 72.9 Å². The summed E-state index contributed by atoms with van der Waals surface area (Å²) in [7, 11) is 2.57. The Morgan fingerprint density at radius 3 is 2.07 bits per heavy atom. The molecule has 2 fully saturated rings. The fourth-order valence-corrected chi connectivity index (χ4v) is 8.04. The lowest BCUT2D eigenvalue weighted by molar-refractivity contribution is -0.135. The number of nitrogens with one attached hydrogen (secondary N) is 3. The van der Waals surface area contributed by atoms with Crippen molar-refractivity contribution in [3.63, 3.8) is 0 Å². The Balaban J connectivity index is 1.02. The monoisotopic (exact) mass is 781 g/mol. The van der Waals surface area contributed by atoms with Gasteiger partial charge in [-0.25, -0.2) is 14.6 Å². The van der Waals surface area contributed by atoms with Crippen molar-refractivity contribution in [3.05, 3.63) is 65.7 Å². The first-order valence-electron chi connectivity index (χ1n) is 19.6. The van der Waals surface area contributed by atoms with Gasteiger partial charge < -0.3 is 44.4 Å². The summed E-state index contributed by atoms with van der Waals surface area (Å²) in [4.78, 5) is 67.8. The fourth-order valence-electron chi connectivity index (χ4n) is 8.04. The number of amides is 4. The molecule has 4 atom stereocenters. The summed E-state index contributed by atoms with van der Waals surface area (Å²) in [5.41, 5.74) is 5.46. The number of methoxy groups -OCH3 is 2. The molecule has 0 aliphatic carbocycles. The van der Waals surface area contributed by atoms with Crippen LogP contribution in [0.25, 0.3) is 16.8 Å². The van der Waals surface area contributed by atoms with Crippen LogP contribution in [0.5, 0.6) is 17.2 Å². The lowest BCUT2D eigenvalue weighted by atomic mass is 9.96. The maximum atomic E-state index is 13.6. The molecule has 3 N–H and O–H groups in total. The Morgan fingerprint density at radius 1 is 0.807 bits per heavy atom. The van der Waals surface area contributed by atoms with E-state index in [0.29, 0.717) is 49.2 Å². The molecule has 7 rings (SSSR count). The number of imidazole rings is 1. The Bertz CT molecular complexity index is 2090. The average molecular weight is 782 g/mol. The molecule has 4 amide bonds. The van der Waals surface area contributed by atoms with E-state index in [9.17, 15) is 19.2 Å². The van der Waals surface area contributed by atoms with Crippen LogP contribution in [0.2, 0.25) is 0 Å². The number of likely N-dealkylation sites (tertiary alicyclic amines) is 2. The molecular weight excluding hydrogens is 731 g/mol. The summed E-state index contributed by atoms with van der Waals surface area (Å²) in [5.74, 6) is 2.02. The van der Waals surface area contributed by atoms with E-state index in [0.717, 1.165) is 59.4 Å². The quantitative estimate of drug-likeness (QED) is 0.211. The SMILES string of the molecule is COC(=O)N[C@H](C(=O)N1CCC[C@H]1C1=NC=C(c2ccc3c(c2)Oc2ccc(-c4cnc([C@@H]5CCCN5C(=O)[C@@H](NC(=O)OC)C(C)C)[nH]4)cc2OC3)C1)C(C)C. The predicted octanol–water partition coefficient (Wildman–Crippen LogP) is 6.36. The van der Waals surface area contributed by atoms with E-state index in [1.54, 1.807) is 11.1 Å². The minimum atomic E-state index is -0.711. The highest BCUT2D eigenvalue weighted by Crippen LogP contribution is 2.42. The van der Waals surface area contributed by atoms with Gasteiger partial charge in [0.15, 0.2) is 11.5 Å². The summed E-state index contributed by atoms with van der Waals surface area (Å²) in [6.07, 6.45) is 6.22. The molecule has 1 aromatic heterocycles. The number of ether oxygens (including phenoxy) is 4. The molecule has 57 heavy (non-hydrogen) atoms. The largest absolute Gasteiger partial charge is 0.485 e. The molecule has 0 unspecified atom stereocenters. The molecule has 0 bridgehead atoms. The second-order valence-electron chi connectivity index (χ2n) is 15.6. The van der Waals surface area contributed by atoms with Crippen LogP contribution < -0.4 is 20.1 Å². The van der Waals surface area contributed by atoms with E-state index >= 15 is 0 Å². The van der Waals surface area contributed by atoms with Crippen molar-refractivity contribution in [2.24, 2.45) is 16.8 Å². The molecule has 3 aromatic rings. The van der Waals surface area contributed by atoms with Crippen LogP contribution in [0.4, 0.5) is 9.59 Å². The van der Waals surface area contributed by atoms with Crippen LogP contribution >= 0.6 is 0 Å². The van der Waals surface area contributed by atoms with Crippen molar-refractivity contribution in [3.8, 4) is 28.5 Å². The molecule has 0 radical (unpaired) electrons. The maximum absolute atomic E-state index is 13.6. The van der Waals surface area contributed by atoms with Gasteiger partial charge in [-0.1, -0.05) is 39.8 Å². The number of hydrogen-bond donors (Lipinski definition) is 3. The van der Waals surface area contributed by atoms with Crippen molar-refractivity contribution >= 4 is 35.3 Å². The van der Waals surface area contributed by atoms with Crippen molar-refractivity contribution in [2.45, 2.75) is 90.6 Å². The van der Waals surface area contributed by atoms with Crippen LogP contribution in [-0.4, -0.2) is 94.9 Å². The number of nitrogens with zero attached hydrogens (tertiary/aromatic N) is 4. The summed E-state index contributed by atoms with van der Waals surface area (Å²) >= 11 is 0. The van der Waals surface area contributed by atoms with Gasteiger partial charge in [0.2, 0.25) is 11.8 Å². The third kappa shape index (κ3) is 8.19. The highest BCUT2D eigenvalue weighted by molar-refractivity contribution is 6.04. The molecule has 2 saturated heterocycles. The molecular formula is C42H51N7O8. The number of alkyl carbamates (subject to hydrolysis) is 2. The Labute approximate surface area is 332 Å². The van der Waals surface area contributed by atoms with Gasteiger partial charge in [0.1, 0.15) is 30.3 Å². The van der Waals surface area contributed by atoms with E-state index in [4.69, 9.17) is 23.9 Å². The number of hydrogen-bond acceptors (Lipinski definition) is 10. The third-order valence-corrected chi connectivity index (χ3v) is 11.2. The summed E-state index contributed by atoms with van der Waals surface area (Å²) in [6.45, 7) is 9.08. The number of benzene rings is 2. The minimum Gasteiger partial charge on any atom is -0.485 e. The van der Waals surface area contributed by atoms with Crippen LogP contribution in [0.1, 0.15) is 82.8 Å². The normalized spacial score (nSPS) is 19.7. The van der Waals surface area contributed by atoms with Gasteiger partial charge in [0, 0.05) is 42.5 Å². The van der Waals surface area contributed by atoms with Crippen LogP contribution in [0.15, 0.2) is 53.8 Å². The van der Waals surface area contributed by atoms with E-state index < -0.39 is 24.3 Å². The molecule has 5 heterocycles. The number of carbonyl (C=O) groups is 4. The zero-order chi connectivity index (χ0) is 40.4. The molecule has 0 spiro atoms. The van der Waals surface area contributed by atoms with Gasteiger partial charge in [0.05, 0.1) is 38.2 Å². The second kappa shape index (κ2) is 16.7. The maximum Gasteiger partial charge on any atom is 0.407 e. The number of aromatic amines is 1. The number of aliphatic imine (C=N–C) groups is 1. The first-order valence-corrected chi connectivity index (χ1v) is 19.6. The molecule has 4 aliphatic rings. The van der Waals surface area contributed by atoms with Crippen LogP contribution in [0, 0.1) is 11.8 Å². The van der Waals surface area contributed by atoms with E-state index in [-0.39, 0.29) is 35.7 Å². The Kier molecular flexibility index (Phi) is 11.5. The number of carbonyl (C=O) groups excluding carboxylic acids is 4. The summed E-state index contributed by atoms with van der Waals surface area (Å²) in [6, 6.07) is 10.0. The number of fused-ring (bicyclic) bond motifs is 2. The topological polar surface area (TPSA) is 177 Å². The number of rotatable bonds is 10. The highest BCUT2D eigenvalue weighted by Gasteiger charge is 2.39. The molecule has 4 aliphatic heterocycles. The number of allylic oxidation sites excluding steroid dienone is 1. The van der Waals surface area contributed by atoms with Gasteiger partial charge >= 0.3 is 12.2 Å². The third-order valence-electron chi connectivity index (χ3n) is 11.2. The van der Waals surface area contributed by atoms with Gasteiger partial charge in [-0.3, -0.25) is 14.6 Å². The lowest BCUT2D eigenvalue weighted by Crippen LogP contribution is -2.53. The van der Waals surface area contributed by atoms with Crippen molar-refractivity contribution in [1.82, 2.24) is 30.4 Å². The molecule has 15 nitrogen and oxygen atoms in total. The Morgan fingerprint density at radius 2 is 1.42 bits per heavy atom. The van der Waals surface area contributed by atoms with Crippen molar-refractivity contribution < 1.29 is 38.1 Å². The average Bonchev–Trinajstić information content (AvgIpc) is 4.04. The zero-order valence-electron chi connectivity index (χ0n) is 33.3. The highest BCUT2D eigenvalue weighted by atomic mass is 16.5. The van der Waals surface area contributed by atoms with Gasteiger partial charge in [-0.15, -0.1) is 0 Å². The van der Waals surface area contributed by atoms with Crippen molar-refractivity contribution in [1.29, 1.82) is 0 Å². The van der Waals surface area contributed by atoms with Crippen molar-refractivity contribution in [2.75, 3.05) is 27.3 Å². The van der Waals surface area contributed by atoms with Crippen LogP contribution in [-0.2, 0) is 25.7 Å². The second-order valence-corrected chi connectivity index (χ2v) is 15.6.